The Hall–Kier alpha value is -0.690. The summed E-state index contributed by atoms with van der Waals surface area (Å²) in [6.45, 7) is 1.73. The smallest absolute Gasteiger partial charge is 0.234 e. The van der Waals surface area contributed by atoms with E-state index in [1.807, 2.05) is 42.3 Å². The molecular weight excluding hydrogens is 416 g/mol. The van der Waals surface area contributed by atoms with Crippen molar-refractivity contribution < 1.29 is 4.79 Å². The van der Waals surface area contributed by atoms with Crippen LogP contribution in [0.2, 0.25) is 0 Å². The van der Waals surface area contributed by atoms with Gasteiger partial charge in [0, 0.05) is 22.4 Å². The van der Waals surface area contributed by atoms with Gasteiger partial charge in [-0.05, 0) is 52.8 Å². The maximum Gasteiger partial charge on any atom is 0.234 e. The fourth-order valence-electron chi connectivity index (χ4n) is 1.86. The average Bonchev–Trinajstić information content (AvgIpc) is 2.83. The van der Waals surface area contributed by atoms with Gasteiger partial charge in [0.25, 0.3) is 0 Å². The molecule has 2 rings (SSSR count). The van der Waals surface area contributed by atoms with Crippen LogP contribution in [0.4, 0.5) is 0 Å². The van der Waals surface area contributed by atoms with Crippen molar-refractivity contribution in [2.45, 2.75) is 13.1 Å². The molecule has 3 nitrogen and oxygen atoms in total. The molecule has 0 fully saturated rings. The first-order valence-corrected chi connectivity index (χ1v) is 8.87. The number of amides is 1. The van der Waals surface area contributed by atoms with E-state index < -0.39 is 0 Å². The molecule has 1 aromatic heterocycles. The largest absolute Gasteiger partial charge is 0.351 e. The van der Waals surface area contributed by atoms with Crippen molar-refractivity contribution in [3.63, 3.8) is 0 Å². The van der Waals surface area contributed by atoms with E-state index in [2.05, 4.69) is 43.2 Å². The Bertz CT molecular complexity index is 598. The fourth-order valence-corrected chi connectivity index (χ4v) is 3.69. The summed E-state index contributed by atoms with van der Waals surface area (Å²) in [5.41, 5.74) is 1.09. The van der Waals surface area contributed by atoms with Gasteiger partial charge in [-0.2, -0.15) is 0 Å². The van der Waals surface area contributed by atoms with E-state index in [4.69, 9.17) is 0 Å². The number of hydrogen-bond donors (Lipinski definition) is 1. The van der Waals surface area contributed by atoms with Crippen LogP contribution in [0, 0.1) is 0 Å². The van der Waals surface area contributed by atoms with Gasteiger partial charge in [0.15, 0.2) is 0 Å². The van der Waals surface area contributed by atoms with Crippen LogP contribution in [-0.2, 0) is 17.9 Å². The van der Waals surface area contributed by atoms with Crippen LogP contribution < -0.4 is 5.32 Å². The quantitative estimate of drug-likeness (QED) is 0.748. The molecule has 2 aromatic rings. The zero-order chi connectivity index (χ0) is 15.2. The summed E-state index contributed by atoms with van der Waals surface area (Å²) in [4.78, 5) is 15.2. The van der Waals surface area contributed by atoms with Gasteiger partial charge in [0.1, 0.15) is 0 Å². The molecule has 0 bridgehead atoms. The van der Waals surface area contributed by atoms with E-state index >= 15 is 0 Å². The van der Waals surface area contributed by atoms with Crippen molar-refractivity contribution in [3.8, 4) is 0 Å². The van der Waals surface area contributed by atoms with Gasteiger partial charge in [0.2, 0.25) is 5.91 Å². The van der Waals surface area contributed by atoms with E-state index in [-0.39, 0.29) is 5.91 Å². The summed E-state index contributed by atoms with van der Waals surface area (Å²) in [6, 6.07) is 12.0. The van der Waals surface area contributed by atoms with Gasteiger partial charge < -0.3 is 5.32 Å². The molecule has 112 valence electrons. The summed E-state index contributed by atoms with van der Waals surface area (Å²) < 4.78 is 2.16. The molecular formula is C15H16Br2N2OS. The number of carbonyl (C=O) groups excluding carboxylic acids is 1. The predicted octanol–water partition coefficient (Wildman–Crippen LogP) is 4.02. The second-order valence-electron chi connectivity index (χ2n) is 4.78. The molecule has 0 aliphatic carbocycles. The maximum atomic E-state index is 11.9. The van der Waals surface area contributed by atoms with Crippen LogP contribution in [0.15, 0.2) is 44.7 Å². The second-order valence-corrected chi connectivity index (χ2v) is 8.24. The van der Waals surface area contributed by atoms with Crippen molar-refractivity contribution in [1.82, 2.24) is 10.2 Å². The third-order valence-corrected chi connectivity index (χ3v) is 5.01. The van der Waals surface area contributed by atoms with Crippen LogP contribution >= 0.6 is 43.2 Å². The van der Waals surface area contributed by atoms with Gasteiger partial charge in [-0.1, -0.05) is 28.1 Å². The molecule has 1 heterocycles. The monoisotopic (exact) mass is 430 g/mol. The van der Waals surface area contributed by atoms with Crippen molar-refractivity contribution in [1.29, 1.82) is 0 Å². The van der Waals surface area contributed by atoms with Gasteiger partial charge in [-0.25, -0.2) is 0 Å². The average molecular weight is 432 g/mol. The SMILES string of the molecule is CN(CC(=O)NCc1ccc(Br)cc1)Cc1ccc(Br)s1. The van der Waals surface area contributed by atoms with Crippen molar-refractivity contribution in [2.24, 2.45) is 0 Å². The minimum Gasteiger partial charge on any atom is -0.351 e. The Labute approximate surface area is 145 Å². The lowest BCUT2D eigenvalue weighted by Crippen LogP contribution is -2.34. The molecule has 0 atom stereocenters. The molecule has 0 aliphatic heterocycles. The van der Waals surface area contributed by atoms with E-state index in [1.165, 1.54) is 4.88 Å². The number of nitrogens with one attached hydrogen (secondary N) is 1. The number of halogens is 2. The Morgan fingerprint density at radius 1 is 1.19 bits per heavy atom. The third kappa shape index (κ3) is 5.90. The molecule has 0 aliphatic rings. The molecule has 0 spiro atoms. The number of hydrogen-bond acceptors (Lipinski definition) is 3. The van der Waals surface area contributed by atoms with E-state index in [0.717, 1.165) is 20.4 Å². The molecule has 0 unspecified atom stereocenters. The first-order chi connectivity index (χ1) is 10.0. The zero-order valence-corrected chi connectivity index (χ0v) is 15.6. The summed E-state index contributed by atoms with van der Waals surface area (Å²) in [7, 11) is 1.95. The number of rotatable bonds is 6. The first kappa shape index (κ1) is 16.7. The number of benzene rings is 1. The topological polar surface area (TPSA) is 32.3 Å². The highest BCUT2D eigenvalue weighted by molar-refractivity contribution is 9.11. The molecule has 0 radical (unpaired) electrons. The molecule has 1 N–H and O–H groups in total. The Kier molecular flexibility index (Phi) is 6.41. The Morgan fingerprint density at radius 2 is 1.90 bits per heavy atom. The number of thiophene rings is 1. The standard InChI is InChI=1S/C15H16Br2N2OS/c1-19(9-13-6-7-14(17)21-13)10-15(20)18-8-11-2-4-12(16)5-3-11/h2-7H,8-10H2,1H3,(H,18,20). The van der Waals surface area contributed by atoms with Crippen LogP contribution in [0.1, 0.15) is 10.4 Å². The highest BCUT2D eigenvalue weighted by Crippen LogP contribution is 2.22. The number of likely N-dealkylation sites (N-methyl/N-ethyl adjacent to an activating group) is 1. The van der Waals surface area contributed by atoms with Gasteiger partial charge in [0.05, 0.1) is 10.3 Å². The van der Waals surface area contributed by atoms with Gasteiger partial charge in [-0.15, -0.1) is 11.3 Å². The Morgan fingerprint density at radius 3 is 2.52 bits per heavy atom. The van der Waals surface area contributed by atoms with Crippen molar-refractivity contribution >= 4 is 49.1 Å². The number of carbonyl (C=O) groups is 1. The second kappa shape index (κ2) is 8.08. The predicted molar refractivity (Wildman–Crippen MR) is 94.3 cm³/mol. The van der Waals surface area contributed by atoms with Crippen LogP contribution in [0.25, 0.3) is 0 Å². The molecule has 21 heavy (non-hydrogen) atoms. The molecule has 1 aromatic carbocycles. The highest BCUT2D eigenvalue weighted by atomic mass is 79.9. The van der Waals surface area contributed by atoms with Gasteiger partial charge in [-0.3, -0.25) is 9.69 Å². The van der Waals surface area contributed by atoms with E-state index in [9.17, 15) is 4.79 Å². The lowest BCUT2D eigenvalue weighted by molar-refractivity contribution is -0.122. The fraction of sp³-hybridized carbons (Fsp3) is 0.267. The van der Waals surface area contributed by atoms with E-state index in [0.29, 0.717) is 13.1 Å². The Balaban J connectivity index is 1.74. The first-order valence-electron chi connectivity index (χ1n) is 6.47. The summed E-state index contributed by atoms with van der Waals surface area (Å²) in [5.74, 6) is 0.0380. The third-order valence-electron chi connectivity index (χ3n) is 2.87. The lowest BCUT2D eigenvalue weighted by Gasteiger charge is -2.15. The maximum absolute atomic E-state index is 11.9. The zero-order valence-electron chi connectivity index (χ0n) is 11.6. The minimum absolute atomic E-state index is 0.0380. The molecule has 1 amide bonds. The van der Waals surface area contributed by atoms with Crippen molar-refractivity contribution in [2.75, 3.05) is 13.6 Å². The lowest BCUT2D eigenvalue weighted by atomic mass is 10.2. The van der Waals surface area contributed by atoms with Crippen LogP contribution in [-0.4, -0.2) is 24.4 Å². The molecule has 0 saturated carbocycles. The summed E-state index contributed by atoms with van der Waals surface area (Å²) in [5, 5.41) is 2.94. The number of nitrogens with zero attached hydrogens (tertiary/aromatic N) is 1. The highest BCUT2D eigenvalue weighted by Gasteiger charge is 2.08. The normalized spacial score (nSPS) is 10.9. The molecule has 0 saturated heterocycles. The van der Waals surface area contributed by atoms with Crippen LogP contribution in [0.3, 0.4) is 0 Å². The van der Waals surface area contributed by atoms with Crippen molar-refractivity contribution in [3.05, 3.63) is 55.1 Å². The van der Waals surface area contributed by atoms with Crippen LogP contribution in [0.5, 0.6) is 0 Å². The van der Waals surface area contributed by atoms with E-state index in [1.54, 1.807) is 11.3 Å². The summed E-state index contributed by atoms with van der Waals surface area (Å²) in [6.07, 6.45) is 0. The van der Waals surface area contributed by atoms with Gasteiger partial charge >= 0.3 is 0 Å². The minimum atomic E-state index is 0.0380. The summed E-state index contributed by atoms with van der Waals surface area (Å²) >= 11 is 8.53. The molecule has 6 heteroatoms.